The van der Waals surface area contributed by atoms with Crippen LogP contribution in [0.25, 0.3) is 0 Å². The lowest BCUT2D eigenvalue weighted by Crippen LogP contribution is -2.18. The number of hydrogen-bond donors (Lipinski definition) is 1. The third-order valence-electron chi connectivity index (χ3n) is 1.17. The highest BCUT2D eigenvalue weighted by molar-refractivity contribution is 6.04. The Hall–Kier alpha value is -0.280. The molecule has 0 fully saturated rings. The van der Waals surface area contributed by atoms with Gasteiger partial charge in [0.15, 0.2) is 0 Å². The Morgan fingerprint density at radius 3 is 2.67 bits per heavy atom. The van der Waals surface area contributed by atoms with Gasteiger partial charge in [-0.2, -0.15) is 0 Å². The van der Waals surface area contributed by atoms with E-state index in [0.717, 1.165) is 19.6 Å². The van der Waals surface area contributed by atoms with Crippen LogP contribution in [-0.2, 0) is 0 Å². The summed E-state index contributed by atoms with van der Waals surface area (Å²) in [4.78, 5) is 6.23. The van der Waals surface area contributed by atoms with Crippen molar-refractivity contribution < 1.29 is 4.66 Å². The van der Waals surface area contributed by atoms with E-state index >= 15 is 0 Å². The molecule has 0 aliphatic carbocycles. The number of aliphatic imine (C=N–C) groups is 1. The largest absolute Gasteiger partial charge is 0.361 e. The molecule has 0 aromatic rings. The predicted molar refractivity (Wildman–Crippen MR) is 38.7 cm³/mol. The second-order valence-corrected chi connectivity index (χ2v) is 1.65. The maximum absolute atomic E-state index is 6.47. The Morgan fingerprint density at radius 1 is 1.78 bits per heavy atom. The predicted octanol–water partition coefficient (Wildman–Crippen LogP) is 0.483. The van der Waals surface area contributed by atoms with Gasteiger partial charge in [0.2, 0.25) is 0 Å². The van der Waals surface area contributed by atoms with Gasteiger partial charge in [0.05, 0.1) is 24.7 Å². The summed E-state index contributed by atoms with van der Waals surface area (Å²) >= 11 is 3.64. The molecule has 1 aliphatic rings. The standard InChI is InChI=1S/C5H10N2.ClHO/c1-2-7-4-3-6-5-7;1-2/h5H,2-4H2,1H3;2H. The quantitative estimate of drug-likeness (QED) is 0.591. The maximum Gasteiger partial charge on any atom is 0.0851 e. The fraction of sp³-hybridized carbons (Fsp3) is 0.800. The van der Waals surface area contributed by atoms with Crippen molar-refractivity contribution >= 4 is 18.2 Å². The second-order valence-electron chi connectivity index (χ2n) is 1.65. The summed E-state index contributed by atoms with van der Waals surface area (Å²) < 4.78 is 6.47. The van der Waals surface area contributed by atoms with Gasteiger partial charge >= 0.3 is 0 Å². The summed E-state index contributed by atoms with van der Waals surface area (Å²) in [6.07, 6.45) is 1.92. The molecular weight excluding hydrogens is 140 g/mol. The number of rotatable bonds is 1. The van der Waals surface area contributed by atoms with Gasteiger partial charge in [-0.05, 0) is 6.92 Å². The average molecular weight is 151 g/mol. The number of nitrogens with zero attached hydrogens (tertiary/aromatic N) is 2. The fourth-order valence-corrected chi connectivity index (χ4v) is 0.657. The zero-order valence-corrected chi connectivity index (χ0v) is 6.17. The van der Waals surface area contributed by atoms with E-state index in [0.29, 0.717) is 0 Å². The van der Waals surface area contributed by atoms with Gasteiger partial charge in [0.1, 0.15) is 0 Å². The van der Waals surface area contributed by atoms with Crippen LogP contribution in [0.2, 0.25) is 0 Å². The van der Waals surface area contributed by atoms with Gasteiger partial charge in [-0.1, -0.05) is 0 Å². The van der Waals surface area contributed by atoms with Crippen molar-refractivity contribution in [3.05, 3.63) is 0 Å². The highest BCUT2D eigenvalue weighted by atomic mass is 35.5. The van der Waals surface area contributed by atoms with Crippen LogP contribution < -0.4 is 0 Å². The second kappa shape index (κ2) is 5.85. The maximum atomic E-state index is 6.47. The summed E-state index contributed by atoms with van der Waals surface area (Å²) in [5.41, 5.74) is 0. The van der Waals surface area contributed by atoms with Crippen molar-refractivity contribution in [2.45, 2.75) is 6.92 Å². The number of likely N-dealkylation sites (N-methyl/N-ethyl adjacent to an activating group) is 1. The van der Waals surface area contributed by atoms with Crippen molar-refractivity contribution in [1.29, 1.82) is 0 Å². The van der Waals surface area contributed by atoms with Gasteiger partial charge in [0, 0.05) is 13.1 Å². The molecule has 1 N–H and O–H groups in total. The van der Waals surface area contributed by atoms with Crippen LogP contribution in [0.5, 0.6) is 0 Å². The molecule has 1 heterocycles. The minimum absolute atomic E-state index is 0.994. The van der Waals surface area contributed by atoms with Crippen LogP contribution in [0.1, 0.15) is 6.92 Å². The molecule has 0 saturated carbocycles. The molecule has 4 heteroatoms. The first kappa shape index (κ1) is 8.72. The first-order valence-electron chi connectivity index (χ1n) is 2.84. The number of hydrogen-bond acceptors (Lipinski definition) is 3. The highest BCUT2D eigenvalue weighted by Gasteiger charge is 1.98. The molecule has 3 nitrogen and oxygen atoms in total. The Morgan fingerprint density at radius 2 is 2.44 bits per heavy atom. The Balaban J connectivity index is 0.000000291. The zero-order valence-electron chi connectivity index (χ0n) is 5.42. The first-order valence-corrected chi connectivity index (χ1v) is 3.18. The van der Waals surface area contributed by atoms with Crippen molar-refractivity contribution in [2.24, 2.45) is 4.99 Å². The van der Waals surface area contributed by atoms with Crippen LogP contribution in [0.3, 0.4) is 0 Å². The summed E-state index contributed by atoms with van der Waals surface area (Å²) in [5, 5.41) is 0. The minimum Gasteiger partial charge on any atom is -0.361 e. The number of halogens is 1. The van der Waals surface area contributed by atoms with Crippen molar-refractivity contribution in [3.8, 4) is 0 Å². The van der Waals surface area contributed by atoms with Gasteiger partial charge in [-0.15, -0.1) is 0 Å². The molecule has 0 saturated heterocycles. The molecule has 0 aromatic carbocycles. The van der Waals surface area contributed by atoms with E-state index in [9.17, 15) is 0 Å². The van der Waals surface area contributed by atoms with Crippen LogP contribution in [0, 0.1) is 0 Å². The summed E-state index contributed by atoms with van der Waals surface area (Å²) in [5.74, 6) is 0. The van der Waals surface area contributed by atoms with Crippen LogP contribution in [0.4, 0.5) is 0 Å². The van der Waals surface area contributed by atoms with Gasteiger partial charge in [-0.3, -0.25) is 9.65 Å². The molecule has 0 bridgehead atoms. The van der Waals surface area contributed by atoms with E-state index in [4.69, 9.17) is 4.66 Å². The molecule has 0 aromatic heterocycles. The first-order chi connectivity index (χ1) is 4.43. The molecule has 0 radical (unpaired) electrons. The van der Waals surface area contributed by atoms with E-state index < -0.39 is 0 Å². The molecule has 0 amide bonds. The van der Waals surface area contributed by atoms with Crippen molar-refractivity contribution in [3.63, 3.8) is 0 Å². The van der Waals surface area contributed by atoms with E-state index in [-0.39, 0.29) is 0 Å². The molecule has 0 spiro atoms. The zero-order chi connectivity index (χ0) is 7.11. The molecule has 1 rings (SSSR count). The molecular formula is C5H11ClN2O. The minimum atomic E-state index is 0.994. The average Bonchev–Trinajstić information content (AvgIpc) is 2.43. The molecule has 9 heavy (non-hydrogen) atoms. The van der Waals surface area contributed by atoms with Crippen molar-refractivity contribution in [2.75, 3.05) is 19.6 Å². The lowest BCUT2D eigenvalue weighted by molar-refractivity contribution is 0.494. The fourth-order valence-electron chi connectivity index (χ4n) is 0.657. The van der Waals surface area contributed by atoms with E-state index in [1.807, 2.05) is 6.34 Å². The smallest absolute Gasteiger partial charge is 0.0851 e. The van der Waals surface area contributed by atoms with E-state index in [1.165, 1.54) is 0 Å². The molecule has 54 valence electrons. The van der Waals surface area contributed by atoms with Gasteiger partial charge in [0.25, 0.3) is 0 Å². The molecule has 1 aliphatic heterocycles. The molecule has 0 unspecified atom stereocenters. The van der Waals surface area contributed by atoms with Crippen LogP contribution in [0.15, 0.2) is 4.99 Å². The summed E-state index contributed by atoms with van der Waals surface area (Å²) in [7, 11) is 0. The third kappa shape index (κ3) is 3.32. The lowest BCUT2D eigenvalue weighted by atomic mass is 10.6. The monoisotopic (exact) mass is 150 g/mol. The lowest BCUT2D eigenvalue weighted by Gasteiger charge is -2.07. The Bertz CT molecular complexity index is 87.0. The molecule has 0 atom stereocenters. The summed E-state index contributed by atoms with van der Waals surface area (Å²) in [6.45, 7) is 5.35. The van der Waals surface area contributed by atoms with E-state index in [1.54, 1.807) is 0 Å². The van der Waals surface area contributed by atoms with Crippen LogP contribution >= 0.6 is 11.9 Å². The van der Waals surface area contributed by atoms with E-state index in [2.05, 4.69) is 28.7 Å². The topological polar surface area (TPSA) is 35.8 Å². The Kier molecular flexibility index (Phi) is 5.67. The highest BCUT2D eigenvalue weighted by Crippen LogP contribution is 1.89. The van der Waals surface area contributed by atoms with Gasteiger partial charge < -0.3 is 4.90 Å². The van der Waals surface area contributed by atoms with Gasteiger partial charge in [-0.25, -0.2) is 0 Å². The van der Waals surface area contributed by atoms with Crippen molar-refractivity contribution in [1.82, 2.24) is 4.90 Å². The summed E-state index contributed by atoms with van der Waals surface area (Å²) in [6, 6.07) is 0. The normalized spacial score (nSPS) is 15.2. The van der Waals surface area contributed by atoms with Crippen LogP contribution in [-0.4, -0.2) is 35.5 Å². The SMILES string of the molecule is CCN1C=NCC1.OCl. The third-order valence-corrected chi connectivity index (χ3v) is 1.17. The Labute approximate surface area is 60.1 Å².